The zero-order valence-corrected chi connectivity index (χ0v) is 12.9. The summed E-state index contributed by atoms with van der Waals surface area (Å²) in [4.78, 5) is 16.5. The van der Waals surface area contributed by atoms with Crippen molar-refractivity contribution in [2.45, 2.75) is 25.8 Å². The van der Waals surface area contributed by atoms with Gasteiger partial charge in [-0.1, -0.05) is 12.2 Å². The Morgan fingerprint density at radius 3 is 3.04 bits per heavy atom. The quantitative estimate of drug-likeness (QED) is 0.830. The van der Waals surface area contributed by atoms with Crippen LogP contribution in [0, 0.1) is 5.92 Å². The second-order valence-corrected chi connectivity index (χ2v) is 5.57. The van der Waals surface area contributed by atoms with Gasteiger partial charge in [0.15, 0.2) is 0 Å². The fraction of sp³-hybridized carbons (Fsp3) is 0.353. The lowest BCUT2D eigenvalue weighted by atomic mass is 9.94. The summed E-state index contributed by atoms with van der Waals surface area (Å²) >= 11 is 0. The van der Waals surface area contributed by atoms with E-state index in [1.807, 2.05) is 18.2 Å². The van der Waals surface area contributed by atoms with Crippen molar-refractivity contribution in [2.24, 2.45) is 5.92 Å². The lowest BCUT2D eigenvalue weighted by Crippen LogP contribution is -2.25. The zero-order chi connectivity index (χ0) is 16.1. The molecule has 2 heterocycles. The molecule has 1 amide bonds. The molecule has 6 nitrogen and oxygen atoms in total. The fourth-order valence-electron chi connectivity index (χ4n) is 2.70. The average molecular weight is 312 g/mol. The number of nitrogens with one attached hydrogen (secondary N) is 1. The smallest absolute Gasteiger partial charge is 0.228 e. The summed E-state index contributed by atoms with van der Waals surface area (Å²) in [5.41, 5.74) is 1.60. The molecule has 0 radical (unpaired) electrons. The van der Waals surface area contributed by atoms with Crippen molar-refractivity contribution in [2.75, 3.05) is 11.9 Å². The number of aliphatic hydroxyl groups is 1. The van der Waals surface area contributed by atoms with Crippen LogP contribution in [-0.4, -0.2) is 32.4 Å². The van der Waals surface area contributed by atoms with Crippen molar-refractivity contribution in [3.05, 3.63) is 42.7 Å². The van der Waals surface area contributed by atoms with Gasteiger partial charge in [-0.15, -0.1) is 0 Å². The molecular weight excluding hydrogens is 292 g/mol. The first-order valence-electron chi connectivity index (χ1n) is 7.83. The summed E-state index contributed by atoms with van der Waals surface area (Å²) in [6, 6.07) is 5.58. The average Bonchev–Trinajstić information content (AvgIpc) is 2.99. The van der Waals surface area contributed by atoms with Gasteiger partial charge in [0.25, 0.3) is 0 Å². The molecule has 120 valence electrons. The minimum Gasteiger partial charge on any atom is -0.394 e. The molecule has 2 aromatic heterocycles. The van der Waals surface area contributed by atoms with Crippen LogP contribution < -0.4 is 5.32 Å². The molecular formula is C17H20N4O2. The maximum Gasteiger partial charge on any atom is 0.228 e. The second kappa shape index (κ2) is 7.19. The summed E-state index contributed by atoms with van der Waals surface area (Å²) in [5.74, 6) is 0.614. The van der Waals surface area contributed by atoms with E-state index in [1.165, 1.54) is 0 Å². The number of hydrogen-bond donors (Lipinski definition) is 2. The SMILES string of the molecule is O=C(Nc1cc(-c2cccnc2)nn1CCO)[C@H]1CC=CCC1. The third-order valence-corrected chi connectivity index (χ3v) is 3.94. The lowest BCUT2D eigenvalue weighted by molar-refractivity contribution is -0.120. The van der Waals surface area contributed by atoms with Gasteiger partial charge in [0.1, 0.15) is 5.82 Å². The maximum atomic E-state index is 12.4. The summed E-state index contributed by atoms with van der Waals surface area (Å²) in [5, 5.41) is 16.6. The number of aliphatic hydroxyl groups excluding tert-OH is 1. The monoisotopic (exact) mass is 312 g/mol. The molecule has 2 N–H and O–H groups in total. The molecule has 23 heavy (non-hydrogen) atoms. The number of anilines is 1. The molecule has 3 rings (SSSR count). The van der Waals surface area contributed by atoms with Crippen LogP contribution in [0.15, 0.2) is 42.7 Å². The van der Waals surface area contributed by atoms with Gasteiger partial charge in [0.05, 0.1) is 18.8 Å². The third-order valence-electron chi connectivity index (χ3n) is 3.94. The highest BCUT2D eigenvalue weighted by Gasteiger charge is 2.20. The lowest BCUT2D eigenvalue weighted by Gasteiger charge is -2.17. The first-order valence-corrected chi connectivity index (χ1v) is 7.83. The highest BCUT2D eigenvalue weighted by atomic mass is 16.3. The molecule has 0 aliphatic heterocycles. The van der Waals surface area contributed by atoms with E-state index in [4.69, 9.17) is 0 Å². The number of pyridine rings is 1. The number of carbonyl (C=O) groups is 1. The Bertz CT molecular complexity index is 694. The van der Waals surface area contributed by atoms with Crippen molar-refractivity contribution in [3.8, 4) is 11.3 Å². The van der Waals surface area contributed by atoms with Gasteiger partial charge in [-0.25, -0.2) is 4.68 Å². The van der Waals surface area contributed by atoms with Crippen molar-refractivity contribution in [3.63, 3.8) is 0 Å². The Morgan fingerprint density at radius 1 is 1.43 bits per heavy atom. The molecule has 0 unspecified atom stereocenters. The second-order valence-electron chi connectivity index (χ2n) is 5.57. The number of rotatable bonds is 5. The number of amides is 1. The number of hydrogen-bond acceptors (Lipinski definition) is 4. The van der Waals surface area contributed by atoms with E-state index >= 15 is 0 Å². The van der Waals surface area contributed by atoms with Crippen LogP contribution in [0.25, 0.3) is 11.3 Å². The fourth-order valence-corrected chi connectivity index (χ4v) is 2.70. The van der Waals surface area contributed by atoms with E-state index in [-0.39, 0.29) is 18.4 Å². The van der Waals surface area contributed by atoms with E-state index < -0.39 is 0 Å². The number of nitrogens with zero attached hydrogens (tertiary/aromatic N) is 3. The van der Waals surface area contributed by atoms with Gasteiger partial charge in [-0.2, -0.15) is 5.10 Å². The Balaban J connectivity index is 1.81. The van der Waals surface area contributed by atoms with Gasteiger partial charge in [-0.05, 0) is 31.4 Å². The number of aromatic nitrogens is 3. The van der Waals surface area contributed by atoms with Crippen LogP contribution >= 0.6 is 0 Å². The molecule has 0 fully saturated rings. The molecule has 1 aliphatic rings. The Labute approximate surface area is 134 Å². The topological polar surface area (TPSA) is 80.0 Å². The van der Waals surface area contributed by atoms with Crippen LogP contribution in [0.5, 0.6) is 0 Å². The summed E-state index contributed by atoms with van der Waals surface area (Å²) in [7, 11) is 0. The van der Waals surface area contributed by atoms with Gasteiger partial charge >= 0.3 is 0 Å². The Hall–Kier alpha value is -2.47. The molecule has 0 spiro atoms. The molecule has 2 aromatic rings. The van der Waals surface area contributed by atoms with E-state index in [1.54, 1.807) is 17.1 Å². The van der Waals surface area contributed by atoms with E-state index in [0.29, 0.717) is 12.4 Å². The van der Waals surface area contributed by atoms with Crippen LogP contribution in [0.3, 0.4) is 0 Å². The first-order chi connectivity index (χ1) is 11.3. The van der Waals surface area contributed by atoms with Crippen molar-refractivity contribution in [1.29, 1.82) is 0 Å². The zero-order valence-electron chi connectivity index (χ0n) is 12.9. The van der Waals surface area contributed by atoms with E-state index in [2.05, 4.69) is 27.6 Å². The van der Waals surface area contributed by atoms with Crippen LogP contribution in [0.4, 0.5) is 5.82 Å². The molecule has 6 heteroatoms. The summed E-state index contributed by atoms with van der Waals surface area (Å²) < 4.78 is 1.62. The normalized spacial score (nSPS) is 17.2. The highest BCUT2D eigenvalue weighted by Crippen LogP contribution is 2.24. The van der Waals surface area contributed by atoms with Gasteiger partial charge in [0.2, 0.25) is 5.91 Å². The molecule has 0 saturated heterocycles. The Kier molecular flexibility index (Phi) is 4.83. The summed E-state index contributed by atoms with van der Waals surface area (Å²) in [6.45, 7) is 0.295. The highest BCUT2D eigenvalue weighted by molar-refractivity contribution is 5.92. The molecule has 1 aliphatic carbocycles. The van der Waals surface area contributed by atoms with E-state index in [9.17, 15) is 9.90 Å². The molecule has 1 atom stereocenters. The minimum atomic E-state index is -0.0385. The van der Waals surface area contributed by atoms with E-state index in [0.717, 1.165) is 30.5 Å². The van der Waals surface area contributed by atoms with Gasteiger partial charge < -0.3 is 10.4 Å². The third kappa shape index (κ3) is 3.65. The Morgan fingerprint density at radius 2 is 2.35 bits per heavy atom. The molecule has 0 aromatic carbocycles. The van der Waals surface area contributed by atoms with Crippen molar-refractivity contribution in [1.82, 2.24) is 14.8 Å². The first kappa shape index (κ1) is 15.4. The predicted molar refractivity (Wildman–Crippen MR) is 87.7 cm³/mol. The minimum absolute atomic E-state index is 0.000631. The van der Waals surface area contributed by atoms with Crippen LogP contribution in [-0.2, 0) is 11.3 Å². The standard InChI is InChI=1S/C17H20N4O2/c22-10-9-21-16(19-17(23)13-5-2-1-3-6-13)11-15(20-21)14-7-4-8-18-12-14/h1-2,4,7-8,11-13,22H,3,5-6,9-10H2,(H,19,23)/t13-/m0/s1. The van der Waals surface area contributed by atoms with Gasteiger partial charge in [-0.3, -0.25) is 9.78 Å². The number of carbonyl (C=O) groups excluding carboxylic acids is 1. The predicted octanol–water partition coefficient (Wildman–Crippen LogP) is 2.23. The van der Waals surface area contributed by atoms with Crippen molar-refractivity contribution < 1.29 is 9.90 Å². The molecule has 0 saturated carbocycles. The largest absolute Gasteiger partial charge is 0.394 e. The number of allylic oxidation sites excluding steroid dienone is 2. The van der Waals surface area contributed by atoms with Crippen LogP contribution in [0.2, 0.25) is 0 Å². The van der Waals surface area contributed by atoms with Crippen LogP contribution in [0.1, 0.15) is 19.3 Å². The summed E-state index contributed by atoms with van der Waals surface area (Å²) in [6.07, 6.45) is 10.2. The maximum absolute atomic E-state index is 12.4. The molecule has 0 bridgehead atoms. The van der Waals surface area contributed by atoms with Crippen molar-refractivity contribution >= 4 is 11.7 Å². The van der Waals surface area contributed by atoms with Gasteiger partial charge in [0, 0.05) is 29.9 Å².